The van der Waals surface area contributed by atoms with Crippen molar-refractivity contribution >= 4 is 12.4 Å². The van der Waals surface area contributed by atoms with Gasteiger partial charge in [0.1, 0.15) is 0 Å². The Morgan fingerprint density at radius 3 is 2.57 bits per heavy atom. The van der Waals surface area contributed by atoms with Crippen LogP contribution in [-0.2, 0) is 13.2 Å². The number of hydrogen-bond donors (Lipinski definition) is 1. The molecular weight excluding hydrogens is 402 g/mol. The summed E-state index contributed by atoms with van der Waals surface area (Å²) in [6.45, 7) is 6.33. The van der Waals surface area contributed by atoms with Gasteiger partial charge in [-0.25, -0.2) is 0 Å². The molecule has 0 atom stereocenters. The molecule has 1 aromatic heterocycles. The summed E-state index contributed by atoms with van der Waals surface area (Å²) in [4.78, 5) is 0. The number of nitrogens with zero attached hydrogens (tertiary/aromatic N) is 4. The molecule has 0 aliphatic rings. The van der Waals surface area contributed by atoms with Gasteiger partial charge in [0.15, 0.2) is 23.9 Å². The standard InChI is InChI=1S/C22H29N5O2.ClH/c1-4-5-6-13-23-15-18-9-12-20(21(14-18)28-3)29-16-22-24-25-26-27(22)19-10-7-17(2)8-11-19;/h7-12,14,23H,4-6,13,15-16H2,1-3H3;1H. The Morgan fingerprint density at radius 2 is 1.83 bits per heavy atom. The fourth-order valence-electron chi connectivity index (χ4n) is 3.00. The first-order chi connectivity index (χ1) is 14.2. The van der Waals surface area contributed by atoms with Crippen molar-refractivity contribution in [1.82, 2.24) is 25.5 Å². The third kappa shape index (κ3) is 6.43. The molecule has 0 unspecified atom stereocenters. The van der Waals surface area contributed by atoms with E-state index in [0.717, 1.165) is 24.3 Å². The molecule has 8 heteroatoms. The maximum absolute atomic E-state index is 5.96. The number of rotatable bonds is 11. The van der Waals surface area contributed by atoms with Crippen LogP contribution in [0.3, 0.4) is 0 Å². The number of aryl methyl sites for hydroxylation is 1. The number of benzene rings is 2. The van der Waals surface area contributed by atoms with E-state index in [1.165, 1.54) is 24.8 Å². The zero-order valence-corrected chi connectivity index (χ0v) is 18.6. The molecule has 7 nitrogen and oxygen atoms in total. The average Bonchev–Trinajstić information content (AvgIpc) is 3.21. The first kappa shape index (κ1) is 23.6. The number of tetrazole rings is 1. The molecule has 0 saturated carbocycles. The van der Waals surface area contributed by atoms with E-state index in [2.05, 4.69) is 27.8 Å². The van der Waals surface area contributed by atoms with Gasteiger partial charge >= 0.3 is 0 Å². The molecule has 1 N–H and O–H groups in total. The summed E-state index contributed by atoms with van der Waals surface area (Å²) >= 11 is 0. The number of unbranched alkanes of at least 4 members (excludes halogenated alkanes) is 2. The molecule has 0 aliphatic heterocycles. The second-order valence-corrected chi connectivity index (χ2v) is 7.00. The minimum Gasteiger partial charge on any atom is -0.493 e. The minimum absolute atomic E-state index is 0. The van der Waals surface area contributed by atoms with Crippen LogP contribution in [0.1, 0.15) is 43.1 Å². The van der Waals surface area contributed by atoms with Crippen LogP contribution in [0.2, 0.25) is 0 Å². The molecule has 0 spiro atoms. The third-order valence-corrected chi connectivity index (χ3v) is 4.68. The van der Waals surface area contributed by atoms with Crippen LogP contribution >= 0.6 is 12.4 Å². The predicted octanol–water partition coefficient (Wildman–Crippen LogP) is 4.26. The molecule has 0 radical (unpaired) electrons. The number of ether oxygens (including phenoxy) is 2. The third-order valence-electron chi connectivity index (χ3n) is 4.68. The van der Waals surface area contributed by atoms with Crippen LogP contribution < -0.4 is 14.8 Å². The highest BCUT2D eigenvalue weighted by Crippen LogP contribution is 2.28. The molecule has 0 saturated heterocycles. The molecule has 0 aliphatic carbocycles. The van der Waals surface area contributed by atoms with Gasteiger partial charge in [-0.2, -0.15) is 4.68 Å². The fraction of sp³-hybridized carbons (Fsp3) is 0.409. The van der Waals surface area contributed by atoms with E-state index in [9.17, 15) is 0 Å². The zero-order chi connectivity index (χ0) is 20.5. The largest absolute Gasteiger partial charge is 0.493 e. The molecule has 0 amide bonds. The number of nitrogens with one attached hydrogen (secondary N) is 1. The quantitative estimate of drug-likeness (QED) is 0.457. The smallest absolute Gasteiger partial charge is 0.194 e. The molecule has 0 bridgehead atoms. The van der Waals surface area contributed by atoms with Crippen molar-refractivity contribution in [2.75, 3.05) is 13.7 Å². The molecule has 30 heavy (non-hydrogen) atoms. The lowest BCUT2D eigenvalue weighted by Gasteiger charge is -2.13. The number of aromatic nitrogens is 4. The summed E-state index contributed by atoms with van der Waals surface area (Å²) in [5.74, 6) is 1.99. The lowest BCUT2D eigenvalue weighted by Crippen LogP contribution is -2.14. The molecule has 0 fully saturated rings. The first-order valence-electron chi connectivity index (χ1n) is 10.1. The Balaban J connectivity index is 0.00000320. The Hall–Kier alpha value is -2.64. The number of hydrogen-bond acceptors (Lipinski definition) is 6. The van der Waals surface area contributed by atoms with E-state index >= 15 is 0 Å². The Morgan fingerprint density at radius 1 is 1.03 bits per heavy atom. The summed E-state index contributed by atoms with van der Waals surface area (Å²) in [6, 6.07) is 14.0. The summed E-state index contributed by atoms with van der Waals surface area (Å²) in [7, 11) is 1.65. The Kier molecular flexibility index (Phi) is 9.57. The normalized spacial score (nSPS) is 10.5. The molecule has 3 aromatic rings. The van der Waals surface area contributed by atoms with Gasteiger partial charge < -0.3 is 14.8 Å². The van der Waals surface area contributed by atoms with Crippen molar-refractivity contribution in [3.05, 3.63) is 59.4 Å². The van der Waals surface area contributed by atoms with Gasteiger partial charge in [0.25, 0.3) is 0 Å². The van der Waals surface area contributed by atoms with Gasteiger partial charge in [-0.15, -0.1) is 17.5 Å². The summed E-state index contributed by atoms with van der Waals surface area (Å²) < 4.78 is 13.2. The van der Waals surface area contributed by atoms with Gasteiger partial charge in [0.05, 0.1) is 12.8 Å². The van der Waals surface area contributed by atoms with Crippen molar-refractivity contribution in [3.8, 4) is 17.2 Å². The summed E-state index contributed by atoms with van der Waals surface area (Å²) in [5, 5.41) is 15.4. The number of methoxy groups -OCH3 is 1. The van der Waals surface area contributed by atoms with Crippen LogP contribution in [0.15, 0.2) is 42.5 Å². The molecular formula is C22H30ClN5O2. The van der Waals surface area contributed by atoms with E-state index in [0.29, 0.717) is 17.3 Å². The van der Waals surface area contributed by atoms with Crippen LogP contribution in [0.4, 0.5) is 0 Å². The number of halogens is 1. The topological polar surface area (TPSA) is 74.1 Å². The maximum atomic E-state index is 5.96. The summed E-state index contributed by atoms with van der Waals surface area (Å²) in [6.07, 6.45) is 3.68. The highest BCUT2D eigenvalue weighted by atomic mass is 35.5. The van der Waals surface area contributed by atoms with Gasteiger partial charge in [0.2, 0.25) is 0 Å². The summed E-state index contributed by atoms with van der Waals surface area (Å²) in [5.41, 5.74) is 3.25. The van der Waals surface area contributed by atoms with E-state index in [4.69, 9.17) is 9.47 Å². The molecule has 1 heterocycles. The SMILES string of the molecule is CCCCCNCc1ccc(OCc2nnnn2-c2ccc(C)cc2)c(OC)c1.Cl. The van der Waals surface area contributed by atoms with Crippen molar-refractivity contribution < 1.29 is 9.47 Å². The van der Waals surface area contributed by atoms with Gasteiger partial charge in [-0.05, 0) is 60.1 Å². The Bertz CT molecular complexity index is 899. The van der Waals surface area contributed by atoms with E-state index < -0.39 is 0 Å². The van der Waals surface area contributed by atoms with Crippen molar-refractivity contribution in [2.45, 2.75) is 46.3 Å². The molecule has 3 rings (SSSR count). The zero-order valence-electron chi connectivity index (χ0n) is 17.8. The maximum Gasteiger partial charge on any atom is 0.194 e. The second-order valence-electron chi connectivity index (χ2n) is 7.00. The molecule has 162 valence electrons. The average molecular weight is 432 g/mol. The monoisotopic (exact) mass is 431 g/mol. The Labute approximate surface area is 184 Å². The van der Waals surface area contributed by atoms with Crippen LogP contribution in [-0.4, -0.2) is 33.9 Å². The van der Waals surface area contributed by atoms with Gasteiger partial charge in [-0.3, -0.25) is 0 Å². The van der Waals surface area contributed by atoms with Crippen molar-refractivity contribution in [2.24, 2.45) is 0 Å². The minimum atomic E-state index is 0. The van der Waals surface area contributed by atoms with E-state index in [1.807, 2.05) is 49.4 Å². The van der Waals surface area contributed by atoms with Crippen molar-refractivity contribution in [3.63, 3.8) is 0 Å². The van der Waals surface area contributed by atoms with E-state index in [1.54, 1.807) is 11.8 Å². The van der Waals surface area contributed by atoms with Crippen LogP contribution in [0.25, 0.3) is 5.69 Å². The lowest BCUT2D eigenvalue weighted by molar-refractivity contribution is 0.273. The second kappa shape index (κ2) is 12.1. The highest BCUT2D eigenvalue weighted by Gasteiger charge is 2.12. The van der Waals surface area contributed by atoms with Crippen LogP contribution in [0.5, 0.6) is 11.5 Å². The molecule has 2 aromatic carbocycles. The first-order valence-corrected chi connectivity index (χ1v) is 10.1. The predicted molar refractivity (Wildman–Crippen MR) is 120 cm³/mol. The highest BCUT2D eigenvalue weighted by molar-refractivity contribution is 5.85. The van der Waals surface area contributed by atoms with Crippen LogP contribution in [0, 0.1) is 6.92 Å². The van der Waals surface area contributed by atoms with Gasteiger partial charge in [-0.1, -0.05) is 43.5 Å². The van der Waals surface area contributed by atoms with E-state index in [-0.39, 0.29) is 19.0 Å². The van der Waals surface area contributed by atoms with Crippen molar-refractivity contribution in [1.29, 1.82) is 0 Å². The lowest BCUT2D eigenvalue weighted by atomic mass is 10.2. The fourth-order valence-corrected chi connectivity index (χ4v) is 3.00. The van der Waals surface area contributed by atoms with Gasteiger partial charge in [0, 0.05) is 6.54 Å².